The van der Waals surface area contributed by atoms with Crippen molar-refractivity contribution in [3.8, 4) is 0 Å². The van der Waals surface area contributed by atoms with Gasteiger partial charge in [0.25, 0.3) is 0 Å². The van der Waals surface area contributed by atoms with E-state index in [0.29, 0.717) is 0 Å². The van der Waals surface area contributed by atoms with Crippen LogP contribution >= 0.6 is 0 Å². The molecule has 1 atom stereocenters. The van der Waals surface area contributed by atoms with E-state index in [1.165, 1.54) is 28.8 Å². The highest BCUT2D eigenvalue weighted by Gasteiger charge is 2.23. The first kappa shape index (κ1) is 14.8. The molecule has 1 N–H and O–H groups in total. The van der Waals surface area contributed by atoms with Gasteiger partial charge in [0.2, 0.25) is 0 Å². The van der Waals surface area contributed by atoms with Crippen molar-refractivity contribution in [2.45, 2.75) is 13.0 Å². The number of benzene rings is 2. The average molecular weight is 318 g/mol. The van der Waals surface area contributed by atoms with E-state index < -0.39 is 0 Å². The van der Waals surface area contributed by atoms with Crippen molar-refractivity contribution in [1.29, 1.82) is 0 Å². The van der Waals surface area contributed by atoms with Crippen molar-refractivity contribution in [3.05, 3.63) is 95.5 Å². The standard InChI is InChI=1S/C21H19FN2/c1-15-20-14-24(19-9-7-18(22)8-10-19)12-11-17(20)13-21(23-15)16-5-3-2-4-6-16/h2-13,15,23H,14H2,1H3. The number of allylic oxidation sites excluding steroid dienone is 3. The van der Waals surface area contributed by atoms with E-state index in [-0.39, 0.29) is 11.9 Å². The summed E-state index contributed by atoms with van der Waals surface area (Å²) in [5.74, 6) is -0.206. The van der Waals surface area contributed by atoms with Crippen LogP contribution < -0.4 is 10.2 Å². The highest BCUT2D eigenvalue weighted by atomic mass is 19.1. The second kappa shape index (κ2) is 6.00. The zero-order valence-corrected chi connectivity index (χ0v) is 13.5. The fraction of sp³-hybridized carbons (Fsp3) is 0.143. The normalized spacial score (nSPS) is 19.7. The van der Waals surface area contributed by atoms with Crippen LogP contribution in [-0.2, 0) is 0 Å². The number of hydrogen-bond donors (Lipinski definition) is 1. The minimum absolute atomic E-state index is 0.206. The quantitative estimate of drug-likeness (QED) is 0.878. The zero-order valence-electron chi connectivity index (χ0n) is 13.5. The first-order chi connectivity index (χ1) is 11.7. The number of dihydropyridines is 1. The second-order valence-corrected chi connectivity index (χ2v) is 6.19. The van der Waals surface area contributed by atoms with E-state index in [9.17, 15) is 4.39 Å². The molecule has 2 aromatic carbocycles. The van der Waals surface area contributed by atoms with Gasteiger partial charge in [0, 0.05) is 30.2 Å². The van der Waals surface area contributed by atoms with E-state index in [1.807, 2.05) is 18.2 Å². The van der Waals surface area contributed by atoms with Crippen molar-refractivity contribution < 1.29 is 4.39 Å². The van der Waals surface area contributed by atoms with Gasteiger partial charge in [0.1, 0.15) is 5.82 Å². The molecule has 2 heterocycles. The van der Waals surface area contributed by atoms with Crippen molar-refractivity contribution >= 4 is 11.4 Å². The molecule has 24 heavy (non-hydrogen) atoms. The predicted octanol–water partition coefficient (Wildman–Crippen LogP) is 4.49. The number of anilines is 1. The van der Waals surface area contributed by atoms with Crippen LogP contribution in [0.1, 0.15) is 12.5 Å². The first-order valence-electron chi connectivity index (χ1n) is 8.18. The Hall–Kier alpha value is -2.81. The molecule has 0 aromatic heterocycles. The van der Waals surface area contributed by atoms with Crippen LogP contribution in [0.2, 0.25) is 0 Å². The first-order valence-corrected chi connectivity index (χ1v) is 8.18. The Morgan fingerprint density at radius 2 is 1.79 bits per heavy atom. The summed E-state index contributed by atoms with van der Waals surface area (Å²) in [7, 11) is 0. The molecule has 4 rings (SSSR count). The molecule has 120 valence electrons. The van der Waals surface area contributed by atoms with Crippen molar-refractivity contribution in [3.63, 3.8) is 0 Å². The maximum absolute atomic E-state index is 13.1. The van der Waals surface area contributed by atoms with Crippen LogP contribution in [0.15, 0.2) is 84.1 Å². The maximum Gasteiger partial charge on any atom is 0.123 e. The Balaban J connectivity index is 1.63. The fourth-order valence-corrected chi connectivity index (χ4v) is 3.24. The third kappa shape index (κ3) is 2.73. The van der Waals surface area contributed by atoms with Crippen LogP contribution in [0, 0.1) is 5.82 Å². The van der Waals surface area contributed by atoms with Gasteiger partial charge >= 0.3 is 0 Å². The Labute approximate surface area is 141 Å². The molecule has 2 aliphatic rings. The van der Waals surface area contributed by atoms with Gasteiger partial charge in [-0.25, -0.2) is 4.39 Å². The lowest BCUT2D eigenvalue weighted by molar-refractivity contribution is 0.627. The van der Waals surface area contributed by atoms with E-state index in [1.54, 1.807) is 0 Å². The topological polar surface area (TPSA) is 15.3 Å². The molecule has 0 spiro atoms. The lowest BCUT2D eigenvalue weighted by Gasteiger charge is -2.34. The molecule has 0 saturated carbocycles. The smallest absolute Gasteiger partial charge is 0.123 e. The van der Waals surface area contributed by atoms with Gasteiger partial charge in [0.15, 0.2) is 0 Å². The minimum Gasteiger partial charge on any atom is -0.378 e. The molecular weight excluding hydrogens is 299 g/mol. The van der Waals surface area contributed by atoms with Crippen molar-refractivity contribution in [2.24, 2.45) is 0 Å². The van der Waals surface area contributed by atoms with E-state index in [2.05, 4.69) is 59.8 Å². The summed E-state index contributed by atoms with van der Waals surface area (Å²) in [6, 6.07) is 17.3. The zero-order chi connectivity index (χ0) is 16.5. The van der Waals surface area contributed by atoms with Gasteiger partial charge in [0.05, 0.1) is 0 Å². The van der Waals surface area contributed by atoms with Gasteiger partial charge < -0.3 is 10.2 Å². The van der Waals surface area contributed by atoms with Gasteiger partial charge in [-0.05, 0) is 60.1 Å². The molecule has 3 heteroatoms. The molecular formula is C21H19FN2. The number of halogens is 1. The van der Waals surface area contributed by atoms with Gasteiger partial charge in [-0.3, -0.25) is 0 Å². The third-order valence-electron chi connectivity index (χ3n) is 4.58. The monoisotopic (exact) mass is 318 g/mol. The summed E-state index contributed by atoms with van der Waals surface area (Å²) in [6.45, 7) is 3.00. The molecule has 0 saturated heterocycles. The van der Waals surface area contributed by atoms with Crippen LogP contribution in [0.5, 0.6) is 0 Å². The molecule has 0 fully saturated rings. The van der Waals surface area contributed by atoms with E-state index in [4.69, 9.17) is 0 Å². The third-order valence-corrected chi connectivity index (χ3v) is 4.58. The van der Waals surface area contributed by atoms with Crippen molar-refractivity contribution in [1.82, 2.24) is 5.32 Å². The second-order valence-electron chi connectivity index (χ2n) is 6.19. The van der Waals surface area contributed by atoms with E-state index >= 15 is 0 Å². The molecule has 0 aliphatic carbocycles. The Kier molecular flexibility index (Phi) is 3.69. The summed E-state index contributed by atoms with van der Waals surface area (Å²) in [5.41, 5.74) is 5.97. The van der Waals surface area contributed by atoms with Crippen LogP contribution in [0.25, 0.3) is 5.70 Å². The lowest BCUT2D eigenvalue weighted by Crippen LogP contribution is -2.37. The Morgan fingerprint density at radius 1 is 1.04 bits per heavy atom. The highest BCUT2D eigenvalue weighted by Crippen LogP contribution is 2.30. The summed E-state index contributed by atoms with van der Waals surface area (Å²) >= 11 is 0. The molecule has 2 nitrogen and oxygen atoms in total. The van der Waals surface area contributed by atoms with E-state index in [0.717, 1.165) is 17.9 Å². The number of nitrogens with zero attached hydrogens (tertiary/aromatic N) is 1. The molecule has 0 bridgehead atoms. The molecule has 1 unspecified atom stereocenters. The molecule has 0 amide bonds. The predicted molar refractivity (Wildman–Crippen MR) is 96.9 cm³/mol. The van der Waals surface area contributed by atoms with Crippen LogP contribution in [-0.4, -0.2) is 12.6 Å². The number of rotatable bonds is 2. The SMILES string of the molecule is CC1NC(c2ccccc2)=CC2=C1CN(c1ccc(F)cc1)C=C2. The fourth-order valence-electron chi connectivity index (χ4n) is 3.24. The van der Waals surface area contributed by atoms with Gasteiger partial charge in [-0.2, -0.15) is 0 Å². The molecule has 2 aromatic rings. The molecule has 0 radical (unpaired) electrons. The summed E-state index contributed by atoms with van der Waals surface area (Å²) in [4.78, 5) is 2.15. The maximum atomic E-state index is 13.1. The Bertz CT molecular complexity index is 832. The highest BCUT2D eigenvalue weighted by molar-refractivity contribution is 5.72. The largest absolute Gasteiger partial charge is 0.378 e. The van der Waals surface area contributed by atoms with Crippen molar-refractivity contribution in [2.75, 3.05) is 11.4 Å². The van der Waals surface area contributed by atoms with Crippen LogP contribution in [0.4, 0.5) is 10.1 Å². The lowest BCUT2D eigenvalue weighted by atomic mass is 9.92. The summed E-state index contributed by atoms with van der Waals surface area (Å²) < 4.78 is 13.1. The minimum atomic E-state index is -0.206. The number of nitrogens with one attached hydrogen (secondary N) is 1. The Morgan fingerprint density at radius 3 is 2.54 bits per heavy atom. The van der Waals surface area contributed by atoms with Gasteiger partial charge in [-0.1, -0.05) is 30.3 Å². The van der Waals surface area contributed by atoms with Gasteiger partial charge in [-0.15, -0.1) is 0 Å². The number of hydrogen-bond acceptors (Lipinski definition) is 2. The summed E-state index contributed by atoms with van der Waals surface area (Å²) in [6.07, 6.45) is 6.43. The molecule has 2 aliphatic heterocycles. The summed E-state index contributed by atoms with van der Waals surface area (Å²) in [5, 5.41) is 3.60. The van der Waals surface area contributed by atoms with Crippen LogP contribution in [0.3, 0.4) is 0 Å². The average Bonchev–Trinajstić information content (AvgIpc) is 2.63.